The normalized spacial score (nSPS) is 11.0. The van der Waals surface area contributed by atoms with Gasteiger partial charge >= 0.3 is 0 Å². The van der Waals surface area contributed by atoms with Crippen LogP contribution in [0.15, 0.2) is 29.1 Å². The van der Waals surface area contributed by atoms with Gasteiger partial charge in [0.25, 0.3) is 0 Å². The van der Waals surface area contributed by atoms with Crippen LogP contribution in [0.25, 0.3) is 11.0 Å². The zero-order valence-electron chi connectivity index (χ0n) is 10.2. The molecule has 0 aliphatic carbocycles. The molecule has 0 aliphatic rings. The van der Waals surface area contributed by atoms with Crippen LogP contribution in [-0.2, 0) is 13.6 Å². The fraction of sp³-hybridized carbons (Fsp3) is 0.250. The minimum absolute atomic E-state index is 0.540. The lowest BCUT2D eigenvalue weighted by atomic mass is 10.3. The van der Waals surface area contributed by atoms with Crippen molar-refractivity contribution in [3.63, 3.8) is 0 Å². The fourth-order valence-electron chi connectivity index (χ4n) is 1.90. The van der Waals surface area contributed by atoms with Gasteiger partial charge in [-0.05, 0) is 13.0 Å². The lowest BCUT2D eigenvalue weighted by Gasteiger charge is -2.06. The van der Waals surface area contributed by atoms with Crippen LogP contribution in [0.3, 0.4) is 0 Å². The third kappa shape index (κ3) is 1.81. The van der Waals surface area contributed by atoms with Crippen LogP contribution in [0.5, 0.6) is 0 Å². The molecule has 0 radical (unpaired) electrons. The first kappa shape index (κ1) is 10.8. The Hall–Kier alpha value is -2.37. The predicted octanol–water partition coefficient (Wildman–Crippen LogP) is 1.88. The summed E-state index contributed by atoms with van der Waals surface area (Å²) < 4.78 is 7.10. The number of nitrogens with zero attached hydrogens (tertiary/aromatic N) is 4. The van der Waals surface area contributed by atoms with Crippen LogP contribution in [-0.4, -0.2) is 19.7 Å². The molecule has 3 rings (SSSR count). The maximum atomic E-state index is 5.30. The van der Waals surface area contributed by atoms with Crippen LogP contribution < -0.4 is 5.32 Å². The van der Waals surface area contributed by atoms with Crippen LogP contribution in [0.1, 0.15) is 11.6 Å². The van der Waals surface area contributed by atoms with Crippen LogP contribution in [0, 0.1) is 6.92 Å². The average Bonchev–Trinajstić information content (AvgIpc) is 2.94. The molecule has 0 saturated heterocycles. The number of anilines is 1. The van der Waals surface area contributed by atoms with Crippen molar-refractivity contribution >= 4 is 16.7 Å². The highest BCUT2D eigenvalue weighted by molar-refractivity contribution is 5.87. The molecule has 1 N–H and O–H groups in total. The molecule has 3 heterocycles. The second kappa shape index (κ2) is 4.14. The molecule has 0 aliphatic heterocycles. The Morgan fingerprint density at radius 3 is 3.11 bits per heavy atom. The molecule has 6 nitrogen and oxygen atoms in total. The second-order valence-corrected chi connectivity index (χ2v) is 4.10. The van der Waals surface area contributed by atoms with Gasteiger partial charge in [-0.1, -0.05) is 0 Å². The molecule has 6 heteroatoms. The number of hydrogen-bond donors (Lipinski definition) is 1. The van der Waals surface area contributed by atoms with Gasteiger partial charge in [0.05, 0.1) is 24.1 Å². The van der Waals surface area contributed by atoms with Crippen molar-refractivity contribution in [1.82, 2.24) is 19.7 Å². The molecule has 0 atom stereocenters. The standard InChI is InChI=1S/C12H13N5O/c1-8-7-18-11(16-8)6-14-9-3-4-13-10-5-15-17(2)12(9)10/h3-5,7H,6H2,1-2H3,(H,13,14). The van der Waals surface area contributed by atoms with E-state index in [1.165, 1.54) is 0 Å². The van der Waals surface area contributed by atoms with Gasteiger partial charge in [0, 0.05) is 13.2 Å². The Morgan fingerprint density at radius 1 is 1.44 bits per heavy atom. The summed E-state index contributed by atoms with van der Waals surface area (Å²) in [6.07, 6.45) is 5.15. The van der Waals surface area contributed by atoms with E-state index in [4.69, 9.17) is 4.42 Å². The van der Waals surface area contributed by atoms with E-state index in [1.54, 1.807) is 23.3 Å². The van der Waals surface area contributed by atoms with Gasteiger partial charge in [-0.15, -0.1) is 0 Å². The van der Waals surface area contributed by atoms with Gasteiger partial charge in [-0.2, -0.15) is 5.10 Å². The maximum absolute atomic E-state index is 5.30. The summed E-state index contributed by atoms with van der Waals surface area (Å²) in [6, 6.07) is 1.92. The zero-order chi connectivity index (χ0) is 12.5. The molecule has 3 aromatic rings. The van der Waals surface area contributed by atoms with E-state index in [2.05, 4.69) is 20.4 Å². The number of aryl methyl sites for hydroxylation is 2. The van der Waals surface area contributed by atoms with E-state index in [0.29, 0.717) is 12.4 Å². The van der Waals surface area contributed by atoms with Crippen molar-refractivity contribution < 1.29 is 4.42 Å². The van der Waals surface area contributed by atoms with E-state index in [9.17, 15) is 0 Å². The Bertz CT molecular complexity index is 685. The second-order valence-electron chi connectivity index (χ2n) is 4.10. The molecule has 0 fully saturated rings. The van der Waals surface area contributed by atoms with Gasteiger partial charge in [0.15, 0.2) is 0 Å². The summed E-state index contributed by atoms with van der Waals surface area (Å²) in [6.45, 7) is 2.44. The molecule has 0 unspecified atom stereocenters. The monoisotopic (exact) mass is 243 g/mol. The first-order chi connectivity index (χ1) is 8.74. The minimum atomic E-state index is 0.540. The topological polar surface area (TPSA) is 68.8 Å². The molecule has 0 bridgehead atoms. The third-order valence-corrected chi connectivity index (χ3v) is 2.73. The van der Waals surface area contributed by atoms with Crippen LogP contribution >= 0.6 is 0 Å². The van der Waals surface area contributed by atoms with Gasteiger partial charge in [-0.3, -0.25) is 9.67 Å². The molecule has 3 aromatic heterocycles. The highest BCUT2D eigenvalue weighted by Crippen LogP contribution is 2.20. The van der Waals surface area contributed by atoms with Crippen molar-refractivity contribution in [2.45, 2.75) is 13.5 Å². The summed E-state index contributed by atoms with van der Waals surface area (Å²) >= 11 is 0. The number of oxazole rings is 1. The van der Waals surface area contributed by atoms with E-state index in [-0.39, 0.29) is 0 Å². The maximum Gasteiger partial charge on any atom is 0.213 e. The van der Waals surface area contributed by atoms with E-state index in [1.807, 2.05) is 20.0 Å². The molecule has 0 aromatic carbocycles. The highest BCUT2D eigenvalue weighted by atomic mass is 16.3. The number of aromatic nitrogens is 4. The zero-order valence-corrected chi connectivity index (χ0v) is 10.2. The van der Waals surface area contributed by atoms with E-state index >= 15 is 0 Å². The molecular weight excluding hydrogens is 230 g/mol. The van der Waals surface area contributed by atoms with Gasteiger partial charge in [0.1, 0.15) is 17.3 Å². The van der Waals surface area contributed by atoms with Crippen LogP contribution in [0.2, 0.25) is 0 Å². The summed E-state index contributed by atoms with van der Waals surface area (Å²) in [5, 5.41) is 7.48. The van der Waals surface area contributed by atoms with Crippen molar-refractivity contribution in [2.75, 3.05) is 5.32 Å². The SMILES string of the molecule is Cc1coc(CNc2ccnc3cnn(C)c23)n1. The lowest BCUT2D eigenvalue weighted by molar-refractivity contribution is 0.503. The third-order valence-electron chi connectivity index (χ3n) is 2.73. The Morgan fingerprint density at radius 2 is 2.33 bits per heavy atom. The van der Waals surface area contributed by atoms with Crippen molar-refractivity contribution in [3.8, 4) is 0 Å². The Kier molecular flexibility index (Phi) is 2.47. The predicted molar refractivity (Wildman–Crippen MR) is 67.1 cm³/mol. The van der Waals surface area contributed by atoms with Crippen LogP contribution in [0.4, 0.5) is 5.69 Å². The minimum Gasteiger partial charge on any atom is -0.447 e. The number of nitrogens with one attached hydrogen (secondary N) is 1. The summed E-state index contributed by atoms with van der Waals surface area (Å²) in [5.74, 6) is 0.666. The number of fused-ring (bicyclic) bond motifs is 1. The van der Waals surface area contributed by atoms with Gasteiger partial charge in [0.2, 0.25) is 5.89 Å². The summed E-state index contributed by atoms with van der Waals surface area (Å²) in [4.78, 5) is 8.51. The largest absolute Gasteiger partial charge is 0.447 e. The lowest BCUT2D eigenvalue weighted by Crippen LogP contribution is -2.02. The fourth-order valence-corrected chi connectivity index (χ4v) is 1.90. The average molecular weight is 243 g/mol. The summed E-state index contributed by atoms with van der Waals surface area (Å²) in [5.41, 5.74) is 3.69. The molecule has 0 spiro atoms. The number of pyridine rings is 1. The highest BCUT2D eigenvalue weighted by Gasteiger charge is 2.07. The van der Waals surface area contributed by atoms with Crippen molar-refractivity contribution in [3.05, 3.63) is 36.3 Å². The van der Waals surface area contributed by atoms with Gasteiger partial charge < -0.3 is 9.73 Å². The summed E-state index contributed by atoms with van der Waals surface area (Å²) in [7, 11) is 1.89. The Balaban J connectivity index is 1.88. The van der Waals surface area contributed by atoms with E-state index < -0.39 is 0 Å². The molecule has 92 valence electrons. The molecule has 0 amide bonds. The van der Waals surface area contributed by atoms with Gasteiger partial charge in [-0.25, -0.2) is 4.98 Å². The smallest absolute Gasteiger partial charge is 0.213 e. The molecule has 0 saturated carbocycles. The van der Waals surface area contributed by atoms with Crippen molar-refractivity contribution in [1.29, 1.82) is 0 Å². The number of rotatable bonds is 3. The Labute approximate surface area is 104 Å². The first-order valence-electron chi connectivity index (χ1n) is 5.65. The molecular formula is C12H13N5O. The quantitative estimate of drug-likeness (QED) is 0.760. The first-order valence-corrected chi connectivity index (χ1v) is 5.65. The van der Waals surface area contributed by atoms with E-state index in [0.717, 1.165) is 22.4 Å². The van der Waals surface area contributed by atoms with Crippen molar-refractivity contribution in [2.24, 2.45) is 7.05 Å². The molecule has 18 heavy (non-hydrogen) atoms. The number of hydrogen-bond acceptors (Lipinski definition) is 5.